The Labute approximate surface area is 120 Å². The first-order chi connectivity index (χ1) is 9.58. The molecule has 106 valence electrons. The van der Waals surface area contributed by atoms with E-state index in [1.54, 1.807) is 11.8 Å². The largest absolute Gasteiger partial charge is 0.416 e. The topological polar surface area (TPSA) is 91.1 Å². The molecule has 20 heavy (non-hydrogen) atoms. The van der Waals surface area contributed by atoms with E-state index in [9.17, 15) is 4.79 Å². The zero-order chi connectivity index (χ0) is 14.5. The van der Waals surface area contributed by atoms with Crippen LogP contribution in [0.25, 0.3) is 0 Å². The fourth-order valence-electron chi connectivity index (χ4n) is 1.92. The number of aromatic nitrogens is 2. The van der Waals surface area contributed by atoms with E-state index < -0.39 is 0 Å². The van der Waals surface area contributed by atoms with Gasteiger partial charge in [-0.1, -0.05) is 17.9 Å². The number of carbonyl (C=O) groups is 1. The van der Waals surface area contributed by atoms with Crippen LogP contribution in [-0.2, 0) is 4.74 Å². The second-order valence-corrected chi connectivity index (χ2v) is 5.48. The monoisotopic (exact) mass is 293 g/mol. The van der Waals surface area contributed by atoms with Crippen LogP contribution >= 0.6 is 11.3 Å². The summed E-state index contributed by atoms with van der Waals surface area (Å²) < 4.78 is 4.98. The molecule has 1 aliphatic rings. The Morgan fingerprint density at radius 2 is 2.25 bits per heavy atom. The van der Waals surface area contributed by atoms with Gasteiger partial charge in [0.2, 0.25) is 10.1 Å². The van der Waals surface area contributed by atoms with Crippen molar-refractivity contribution < 1.29 is 9.53 Å². The molecule has 1 aromatic heterocycles. The highest BCUT2D eigenvalue weighted by atomic mass is 32.1. The number of carbonyl (C=O) groups excluding carboxylic acids is 1. The van der Waals surface area contributed by atoms with Gasteiger partial charge in [0.15, 0.2) is 0 Å². The van der Waals surface area contributed by atoms with Gasteiger partial charge in [-0.15, -0.1) is 10.2 Å². The summed E-state index contributed by atoms with van der Waals surface area (Å²) in [6, 6.07) is 2.18. The minimum atomic E-state index is -0.348. The maximum atomic E-state index is 11.7. The van der Waals surface area contributed by atoms with Crippen molar-refractivity contribution in [2.75, 3.05) is 18.4 Å². The molecule has 0 radical (unpaired) electrons. The second-order valence-electron chi connectivity index (χ2n) is 4.50. The minimum Gasteiger partial charge on any atom is -0.416 e. The van der Waals surface area contributed by atoms with Crippen molar-refractivity contribution >= 4 is 22.6 Å². The molecule has 0 unspecified atom stereocenters. The van der Waals surface area contributed by atoms with Gasteiger partial charge in [-0.2, -0.15) is 5.26 Å². The van der Waals surface area contributed by atoms with Gasteiger partial charge in [0, 0.05) is 19.1 Å². The van der Waals surface area contributed by atoms with Crippen LogP contribution in [-0.4, -0.2) is 40.3 Å². The zero-order valence-electron chi connectivity index (χ0n) is 11.1. The van der Waals surface area contributed by atoms with Crippen molar-refractivity contribution in [3.63, 3.8) is 0 Å². The third kappa shape index (κ3) is 3.68. The predicted octanol–water partition coefficient (Wildman–Crippen LogP) is 1.96. The van der Waals surface area contributed by atoms with E-state index >= 15 is 0 Å². The fourth-order valence-corrected chi connectivity index (χ4v) is 2.54. The zero-order valence-corrected chi connectivity index (χ0v) is 11.9. The lowest BCUT2D eigenvalue weighted by atomic mass is 10.1. The van der Waals surface area contributed by atoms with E-state index in [1.807, 2.05) is 6.07 Å². The number of rotatable bonds is 3. The van der Waals surface area contributed by atoms with E-state index in [-0.39, 0.29) is 12.1 Å². The van der Waals surface area contributed by atoms with Crippen molar-refractivity contribution in [3.8, 4) is 6.07 Å². The average molecular weight is 293 g/mol. The van der Waals surface area contributed by atoms with Crippen LogP contribution in [0, 0.1) is 11.3 Å². The number of ether oxygens (including phenoxy) is 1. The van der Waals surface area contributed by atoms with Gasteiger partial charge >= 0.3 is 6.09 Å². The highest BCUT2D eigenvalue weighted by Crippen LogP contribution is 2.20. The number of anilines is 1. The third-order valence-corrected chi connectivity index (χ3v) is 3.62. The van der Waals surface area contributed by atoms with Crippen molar-refractivity contribution in [3.05, 3.63) is 17.3 Å². The summed E-state index contributed by atoms with van der Waals surface area (Å²) in [7, 11) is 0. The van der Waals surface area contributed by atoms with Crippen molar-refractivity contribution in [1.82, 2.24) is 15.1 Å². The third-order valence-electron chi connectivity index (χ3n) is 2.86. The summed E-state index contributed by atoms with van der Waals surface area (Å²) in [6.07, 6.45) is 1.25. The Morgan fingerprint density at radius 1 is 1.55 bits per heavy atom. The summed E-state index contributed by atoms with van der Waals surface area (Å²) in [5.41, 5.74) is 0. The van der Waals surface area contributed by atoms with Crippen molar-refractivity contribution in [2.45, 2.75) is 25.8 Å². The number of likely N-dealkylation sites (tertiary alicyclic amines) is 1. The van der Waals surface area contributed by atoms with Crippen molar-refractivity contribution in [1.29, 1.82) is 5.26 Å². The molecule has 1 aromatic rings. The number of nitrogens with one attached hydrogen (secondary N) is 1. The average Bonchev–Trinajstić information content (AvgIpc) is 2.86. The molecular formula is C12H15N5O2S. The van der Waals surface area contributed by atoms with E-state index in [2.05, 4.69) is 22.1 Å². The predicted molar refractivity (Wildman–Crippen MR) is 74.1 cm³/mol. The highest BCUT2D eigenvalue weighted by Gasteiger charge is 2.24. The molecule has 1 N–H and O–H groups in total. The van der Waals surface area contributed by atoms with Crippen LogP contribution < -0.4 is 5.32 Å². The lowest BCUT2D eigenvalue weighted by Crippen LogP contribution is -2.42. The minimum absolute atomic E-state index is 0.225. The quantitative estimate of drug-likeness (QED) is 0.857. The summed E-state index contributed by atoms with van der Waals surface area (Å²) in [6.45, 7) is 6.43. The highest BCUT2D eigenvalue weighted by molar-refractivity contribution is 7.15. The first-order valence-electron chi connectivity index (χ1n) is 6.21. The molecular weight excluding hydrogens is 278 g/mol. The van der Waals surface area contributed by atoms with E-state index in [0.29, 0.717) is 29.0 Å². The Morgan fingerprint density at radius 3 is 2.80 bits per heavy atom. The Bertz CT molecular complexity index is 542. The molecule has 0 saturated carbocycles. The van der Waals surface area contributed by atoms with Crippen LogP contribution in [0.3, 0.4) is 0 Å². The molecule has 0 bridgehead atoms. The van der Waals surface area contributed by atoms with Gasteiger partial charge in [-0.05, 0) is 19.8 Å². The van der Waals surface area contributed by atoms with E-state index in [1.165, 1.54) is 11.3 Å². The molecule has 0 spiro atoms. The molecule has 0 aromatic carbocycles. The number of hydrogen-bond donors (Lipinski definition) is 1. The second kappa shape index (κ2) is 6.34. The lowest BCUT2D eigenvalue weighted by molar-refractivity contribution is 0.119. The molecule has 0 atom stereocenters. The molecule has 2 heterocycles. The van der Waals surface area contributed by atoms with Crippen LogP contribution in [0.5, 0.6) is 0 Å². The molecule has 8 heteroatoms. The molecule has 0 aliphatic carbocycles. The standard InChI is InChI=1S/C12H15N5O2S/c1-8(2)19-12(18)17-5-3-9(4-6-17)14-11-16-15-10(7-13)20-11/h9H,1,3-6H2,2H3,(H,14,16). The SMILES string of the molecule is C=C(C)OC(=O)N1CCC(Nc2nnc(C#N)s2)CC1. The normalized spacial score (nSPS) is 15.5. The summed E-state index contributed by atoms with van der Waals surface area (Å²) in [5.74, 6) is 0.396. The molecule has 1 aliphatic heterocycles. The summed E-state index contributed by atoms with van der Waals surface area (Å²) in [5, 5.41) is 20.5. The van der Waals surface area contributed by atoms with Crippen LogP contribution in [0.4, 0.5) is 9.93 Å². The number of amides is 1. The van der Waals surface area contributed by atoms with Crippen LogP contribution in [0.15, 0.2) is 12.3 Å². The number of nitriles is 1. The van der Waals surface area contributed by atoms with E-state index in [0.717, 1.165) is 12.8 Å². The molecule has 2 rings (SSSR count). The van der Waals surface area contributed by atoms with E-state index in [4.69, 9.17) is 10.00 Å². The van der Waals surface area contributed by atoms with Crippen LogP contribution in [0.2, 0.25) is 0 Å². The Balaban J connectivity index is 1.81. The number of hydrogen-bond acceptors (Lipinski definition) is 7. The smallest absolute Gasteiger partial charge is 0.414 e. The number of piperidine rings is 1. The Kier molecular flexibility index (Phi) is 4.53. The Hall–Kier alpha value is -2.14. The first kappa shape index (κ1) is 14.3. The van der Waals surface area contributed by atoms with Gasteiger partial charge in [-0.25, -0.2) is 4.79 Å². The fraction of sp³-hybridized carbons (Fsp3) is 0.500. The number of allylic oxidation sites excluding steroid dienone is 1. The maximum absolute atomic E-state index is 11.7. The number of nitrogens with zero attached hydrogens (tertiary/aromatic N) is 4. The molecule has 1 amide bonds. The van der Waals surface area contributed by atoms with Gasteiger partial charge < -0.3 is 15.0 Å². The van der Waals surface area contributed by atoms with Gasteiger partial charge in [0.1, 0.15) is 6.07 Å². The van der Waals surface area contributed by atoms with Crippen molar-refractivity contribution in [2.24, 2.45) is 0 Å². The maximum Gasteiger partial charge on any atom is 0.414 e. The van der Waals surface area contributed by atoms with Gasteiger partial charge in [0.05, 0.1) is 5.76 Å². The molecule has 1 fully saturated rings. The molecule has 7 nitrogen and oxygen atoms in total. The summed E-state index contributed by atoms with van der Waals surface area (Å²) >= 11 is 1.23. The van der Waals surface area contributed by atoms with Crippen LogP contribution in [0.1, 0.15) is 24.8 Å². The first-order valence-corrected chi connectivity index (χ1v) is 7.02. The van der Waals surface area contributed by atoms with Gasteiger partial charge in [-0.3, -0.25) is 0 Å². The molecule has 1 saturated heterocycles. The summed E-state index contributed by atoms with van der Waals surface area (Å²) in [4.78, 5) is 13.3. The lowest BCUT2D eigenvalue weighted by Gasteiger charge is -2.31. The van der Waals surface area contributed by atoms with Gasteiger partial charge in [0.25, 0.3) is 0 Å².